The summed E-state index contributed by atoms with van der Waals surface area (Å²) in [5.74, 6) is -3.58. The van der Waals surface area contributed by atoms with Gasteiger partial charge in [0.25, 0.3) is 11.8 Å². The number of benzene rings is 1. The van der Waals surface area contributed by atoms with Gasteiger partial charge in [-0.1, -0.05) is 12.1 Å². The Morgan fingerprint density at radius 2 is 1.90 bits per heavy atom. The van der Waals surface area contributed by atoms with Crippen LogP contribution in [0.3, 0.4) is 0 Å². The van der Waals surface area contributed by atoms with Gasteiger partial charge in [-0.2, -0.15) is 17.5 Å². The molecule has 2 aromatic heterocycles. The van der Waals surface area contributed by atoms with Gasteiger partial charge in [0, 0.05) is 21.3 Å². The van der Waals surface area contributed by atoms with Crippen LogP contribution in [0, 0.1) is 6.92 Å². The minimum Gasteiger partial charge on any atom is -0.297 e. The lowest BCUT2D eigenvalue weighted by molar-refractivity contribution is -0.137. The van der Waals surface area contributed by atoms with Crippen molar-refractivity contribution in [2.45, 2.75) is 32.4 Å². The predicted molar refractivity (Wildman–Crippen MR) is 102 cm³/mol. The highest BCUT2D eigenvalue weighted by molar-refractivity contribution is 7.15. The number of carbonyl (C=O) groups is 1. The molecule has 154 valence electrons. The first-order valence-corrected chi connectivity index (χ1v) is 9.81. The number of thiophene rings is 1. The zero-order valence-electron chi connectivity index (χ0n) is 15.1. The molecule has 0 fully saturated rings. The third-order valence-electron chi connectivity index (χ3n) is 3.79. The molecule has 0 bridgehead atoms. The van der Waals surface area contributed by atoms with Gasteiger partial charge in [0.05, 0.1) is 17.5 Å². The molecular formula is C18H14F5N3OS2. The lowest BCUT2D eigenvalue weighted by Gasteiger charge is -2.07. The van der Waals surface area contributed by atoms with Crippen LogP contribution in [0.4, 0.5) is 27.1 Å². The second-order valence-electron chi connectivity index (χ2n) is 6.38. The van der Waals surface area contributed by atoms with Gasteiger partial charge in [-0.3, -0.25) is 10.1 Å². The van der Waals surface area contributed by atoms with Crippen molar-refractivity contribution in [1.82, 2.24) is 9.36 Å². The number of alkyl halides is 5. The van der Waals surface area contributed by atoms with Crippen molar-refractivity contribution in [1.29, 1.82) is 0 Å². The molecule has 11 heteroatoms. The Morgan fingerprint density at radius 1 is 1.17 bits per heavy atom. The highest BCUT2D eigenvalue weighted by Gasteiger charge is 2.30. The molecule has 0 unspecified atom stereocenters. The first-order chi connectivity index (χ1) is 13.4. The minimum atomic E-state index is -4.46. The van der Waals surface area contributed by atoms with Crippen LogP contribution in [0.25, 0.3) is 10.4 Å². The zero-order chi connectivity index (χ0) is 21.4. The molecule has 0 atom stereocenters. The van der Waals surface area contributed by atoms with Crippen LogP contribution < -0.4 is 5.32 Å². The second kappa shape index (κ2) is 7.79. The summed E-state index contributed by atoms with van der Waals surface area (Å²) in [4.78, 5) is 17.5. The molecule has 0 aliphatic rings. The number of aryl methyl sites for hydroxylation is 1. The second-order valence-corrected chi connectivity index (χ2v) is 8.38. The van der Waals surface area contributed by atoms with Gasteiger partial charge < -0.3 is 0 Å². The van der Waals surface area contributed by atoms with Crippen molar-refractivity contribution < 1.29 is 26.7 Å². The molecule has 1 N–H and O–H groups in total. The summed E-state index contributed by atoms with van der Waals surface area (Å²) in [5, 5.41) is 2.56. The van der Waals surface area contributed by atoms with E-state index in [1.54, 1.807) is 6.92 Å². The summed E-state index contributed by atoms with van der Waals surface area (Å²) >= 11 is 1.96. The van der Waals surface area contributed by atoms with Gasteiger partial charge in [-0.15, -0.1) is 11.3 Å². The highest BCUT2D eigenvalue weighted by Crippen LogP contribution is 2.36. The molecular weight excluding hydrogens is 433 g/mol. The van der Waals surface area contributed by atoms with Crippen molar-refractivity contribution in [3.8, 4) is 10.4 Å². The average Bonchev–Trinajstić information content (AvgIpc) is 3.19. The van der Waals surface area contributed by atoms with Gasteiger partial charge in [0.2, 0.25) is 5.13 Å². The average molecular weight is 447 g/mol. The largest absolute Gasteiger partial charge is 0.416 e. The number of amides is 1. The SMILES string of the molecule is Cc1sc(-c2cccc(C(F)(F)F)c2)cc1C(=O)Nc1nc(CC(C)(F)F)ns1. The normalized spacial score (nSPS) is 12.2. The van der Waals surface area contributed by atoms with Gasteiger partial charge in [-0.05, 0) is 37.6 Å². The summed E-state index contributed by atoms with van der Waals surface area (Å²) in [6.45, 7) is 2.41. The van der Waals surface area contributed by atoms with Crippen molar-refractivity contribution in [3.05, 3.63) is 52.2 Å². The van der Waals surface area contributed by atoms with E-state index in [-0.39, 0.29) is 16.5 Å². The number of anilines is 1. The molecule has 29 heavy (non-hydrogen) atoms. The Labute approximate surface area is 170 Å². The van der Waals surface area contributed by atoms with Crippen molar-refractivity contribution in [2.24, 2.45) is 0 Å². The number of hydrogen-bond acceptors (Lipinski definition) is 5. The standard InChI is InChI=1S/C18H14F5N3OS2/c1-9-12(15(27)25-16-24-14(26-29-16)8-17(2,19)20)7-13(28-9)10-4-3-5-11(6-10)18(21,22)23/h3-7H,8H2,1-2H3,(H,24,25,26,27). The number of nitrogens with one attached hydrogen (secondary N) is 1. The molecule has 3 rings (SSSR count). The maximum Gasteiger partial charge on any atom is 0.416 e. The molecule has 1 aromatic carbocycles. The molecule has 2 heterocycles. The van der Waals surface area contributed by atoms with E-state index in [9.17, 15) is 26.7 Å². The first kappa shape index (κ1) is 21.3. The van der Waals surface area contributed by atoms with Gasteiger partial charge in [0.1, 0.15) is 0 Å². The molecule has 1 amide bonds. The van der Waals surface area contributed by atoms with Crippen molar-refractivity contribution in [3.63, 3.8) is 0 Å². The Balaban J connectivity index is 1.79. The molecule has 0 saturated heterocycles. The summed E-state index contributed by atoms with van der Waals surface area (Å²) in [6, 6.07) is 6.33. The molecule has 0 spiro atoms. The fourth-order valence-corrected chi connectivity index (χ4v) is 4.11. The number of nitrogens with zero attached hydrogens (tertiary/aromatic N) is 2. The lowest BCUT2D eigenvalue weighted by atomic mass is 10.1. The number of halogens is 5. The molecule has 0 radical (unpaired) electrons. The molecule has 0 aliphatic heterocycles. The third-order valence-corrected chi connectivity index (χ3v) is 5.56. The molecule has 3 aromatic rings. The van der Waals surface area contributed by atoms with Crippen LogP contribution in [0.1, 0.15) is 33.5 Å². The highest BCUT2D eigenvalue weighted by atomic mass is 32.1. The van der Waals surface area contributed by atoms with Gasteiger partial charge in [0.15, 0.2) is 5.82 Å². The fourth-order valence-electron chi connectivity index (χ4n) is 2.52. The monoisotopic (exact) mass is 447 g/mol. The number of aromatic nitrogens is 2. The Kier molecular flexibility index (Phi) is 5.72. The number of hydrogen-bond donors (Lipinski definition) is 1. The summed E-state index contributed by atoms with van der Waals surface area (Å²) in [6.07, 6.45) is -5.11. The van der Waals surface area contributed by atoms with Gasteiger partial charge in [-0.25, -0.2) is 13.8 Å². The van der Waals surface area contributed by atoms with Crippen LogP contribution in [0.5, 0.6) is 0 Å². The van der Waals surface area contributed by atoms with E-state index in [4.69, 9.17) is 0 Å². The van der Waals surface area contributed by atoms with Crippen molar-refractivity contribution in [2.75, 3.05) is 5.32 Å². The van der Waals surface area contributed by atoms with Gasteiger partial charge >= 0.3 is 6.18 Å². The van der Waals surface area contributed by atoms with Crippen molar-refractivity contribution >= 4 is 33.9 Å². The molecule has 0 saturated carbocycles. The number of rotatable bonds is 5. The van der Waals surface area contributed by atoms with E-state index in [2.05, 4.69) is 14.7 Å². The predicted octanol–water partition coefficient (Wildman–Crippen LogP) is 6.04. The van der Waals surface area contributed by atoms with E-state index >= 15 is 0 Å². The maximum atomic E-state index is 13.0. The molecule has 4 nitrogen and oxygen atoms in total. The van der Waals surface area contributed by atoms with Crippen LogP contribution >= 0.6 is 22.9 Å². The third kappa shape index (κ3) is 5.36. The van der Waals surface area contributed by atoms with Crippen LogP contribution in [-0.4, -0.2) is 21.2 Å². The van der Waals surface area contributed by atoms with E-state index < -0.39 is 30.0 Å². The Morgan fingerprint density at radius 3 is 2.55 bits per heavy atom. The number of carbonyl (C=O) groups excluding carboxylic acids is 1. The lowest BCUT2D eigenvalue weighted by Crippen LogP contribution is -2.15. The summed E-state index contributed by atoms with van der Waals surface area (Å²) in [5.41, 5.74) is -0.170. The van der Waals surface area contributed by atoms with Crippen LogP contribution in [0.2, 0.25) is 0 Å². The quantitative estimate of drug-likeness (QED) is 0.485. The van der Waals surface area contributed by atoms with E-state index in [1.807, 2.05) is 0 Å². The molecule has 0 aliphatic carbocycles. The van der Waals surface area contributed by atoms with E-state index in [0.29, 0.717) is 15.3 Å². The maximum absolute atomic E-state index is 13.0. The minimum absolute atomic E-state index is 0.0699. The van der Waals surface area contributed by atoms with E-state index in [1.165, 1.54) is 29.5 Å². The zero-order valence-corrected chi connectivity index (χ0v) is 16.7. The van der Waals surface area contributed by atoms with Crippen LogP contribution in [-0.2, 0) is 12.6 Å². The van der Waals surface area contributed by atoms with E-state index in [0.717, 1.165) is 30.6 Å². The Hall–Kier alpha value is -2.40. The van der Waals surface area contributed by atoms with Crippen LogP contribution in [0.15, 0.2) is 30.3 Å². The summed E-state index contributed by atoms with van der Waals surface area (Å²) in [7, 11) is 0. The fraction of sp³-hybridized carbons (Fsp3) is 0.278. The summed E-state index contributed by atoms with van der Waals surface area (Å²) < 4.78 is 68.6. The smallest absolute Gasteiger partial charge is 0.297 e. The first-order valence-electron chi connectivity index (χ1n) is 8.22. The topological polar surface area (TPSA) is 54.9 Å². The Bertz CT molecular complexity index is 1040.